The topological polar surface area (TPSA) is 20.3 Å². The second-order valence-corrected chi connectivity index (χ2v) is 6.17. The third-order valence-corrected chi connectivity index (χ3v) is 4.55. The highest BCUT2D eigenvalue weighted by molar-refractivity contribution is 9.09. The zero-order valence-electron chi connectivity index (χ0n) is 12.0. The average Bonchev–Trinajstić information content (AvgIpc) is 2.67. The number of amides is 1. The molecule has 0 bridgehead atoms. The van der Waals surface area contributed by atoms with Gasteiger partial charge in [0.1, 0.15) is 0 Å². The molecule has 0 heterocycles. The molecule has 2 nitrogen and oxygen atoms in total. The molecule has 0 aromatic carbocycles. The van der Waals surface area contributed by atoms with Crippen LogP contribution in [0.5, 0.6) is 0 Å². The maximum atomic E-state index is 12.7. The quantitative estimate of drug-likeness (QED) is 0.526. The SMILES string of the molecule is CCC(CC)N(CCBr)C(=O)C1CCCCCC1. The lowest BCUT2D eigenvalue weighted by atomic mass is 9.97. The Morgan fingerprint density at radius 2 is 1.72 bits per heavy atom. The Morgan fingerprint density at radius 3 is 2.17 bits per heavy atom. The molecule has 3 heteroatoms. The number of carbonyl (C=O) groups is 1. The first-order valence-electron chi connectivity index (χ1n) is 7.61. The molecule has 0 spiro atoms. The number of carbonyl (C=O) groups excluding carboxylic acids is 1. The number of nitrogens with zero attached hydrogens (tertiary/aromatic N) is 1. The number of alkyl halides is 1. The third-order valence-electron chi connectivity index (χ3n) is 4.20. The van der Waals surface area contributed by atoms with Crippen LogP contribution in [0.15, 0.2) is 0 Å². The maximum absolute atomic E-state index is 12.7. The Morgan fingerprint density at radius 1 is 1.17 bits per heavy atom. The predicted octanol–water partition coefficient (Wildman–Crippen LogP) is 4.37. The zero-order valence-corrected chi connectivity index (χ0v) is 13.5. The fourth-order valence-electron chi connectivity index (χ4n) is 3.05. The Kier molecular flexibility index (Phi) is 7.96. The van der Waals surface area contributed by atoms with Gasteiger partial charge in [0.05, 0.1) is 0 Å². The van der Waals surface area contributed by atoms with Crippen LogP contribution in [0.4, 0.5) is 0 Å². The summed E-state index contributed by atoms with van der Waals surface area (Å²) in [5.41, 5.74) is 0. The number of hydrogen-bond donors (Lipinski definition) is 0. The van der Waals surface area contributed by atoms with E-state index in [4.69, 9.17) is 0 Å². The molecule has 0 aromatic heterocycles. The van der Waals surface area contributed by atoms with E-state index in [0.717, 1.165) is 37.6 Å². The van der Waals surface area contributed by atoms with Gasteiger partial charge in [-0.15, -0.1) is 0 Å². The van der Waals surface area contributed by atoms with Crippen LogP contribution in [0.2, 0.25) is 0 Å². The van der Waals surface area contributed by atoms with Gasteiger partial charge in [0.15, 0.2) is 0 Å². The number of hydrogen-bond acceptors (Lipinski definition) is 1. The lowest BCUT2D eigenvalue weighted by Gasteiger charge is -2.33. The summed E-state index contributed by atoms with van der Waals surface area (Å²) in [5, 5.41) is 0.891. The average molecular weight is 318 g/mol. The molecule has 1 aliphatic carbocycles. The van der Waals surface area contributed by atoms with Crippen molar-refractivity contribution in [2.75, 3.05) is 11.9 Å². The predicted molar refractivity (Wildman–Crippen MR) is 81.1 cm³/mol. The number of rotatable bonds is 6. The van der Waals surface area contributed by atoms with Gasteiger partial charge >= 0.3 is 0 Å². The normalized spacial score (nSPS) is 17.8. The molecule has 1 fully saturated rings. The van der Waals surface area contributed by atoms with Gasteiger partial charge < -0.3 is 4.90 Å². The molecule has 0 atom stereocenters. The van der Waals surface area contributed by atoms with Gasteiger partial charge in [-0.05, 0) is 25.7 Å². The van der Waals surface area contributed by atoms with Crippen LogP contribution in [0.3, 0.4) is 0 Å². The van der Waals surface area contributed by atoms with Crippen molar-refractivity contribution < 1.29 is 4.79 Å². The molecule has 0 unspecified atom stereocenters. The van der Waals surface area contributed by atoms with Gasteiger partial charge in [0.2, 0.25) is 5.91 Å². The Balaban J connectivity index is 2.67. The molecule has 1 amide bonds. The van der Waals surface area contributed by atoms with E-state index >= 15 is 0 Å². The standard InChI is InChI=1S/C15H28BrNO/c1-3-14(4-2)17(12-11-16)15(18)13-9-7-5-6-8-10-13/h13-14H,3-12H2,1-2H3. The molecular formula is C15H28BrNO. The third kappa shape index (κ3) is 4.56. The molecule has 1 saturated carbocycles. The molecular weight excluding hydrogens is 290 g/mol. The summed E-state index contributed by atoms with van der Waals surface area (Å²) in [5.74, 6) is 0.720. The summed E-state index contributed by atoms with van der Waals surface area (Å²) in [7, 11) is 0. The van der Waals surface area contributed by atoms with Crippen molar-refractivity contribution in [1.82, 2.24) is 4.90 Å². The van der Waals surface area contributed by atoms with Gasteiger partial charge in [0.25, 0.3) is 0 Å². The fourth-order valence-corrected chi connectivity index (χ4v) is 3.44. The first kappa shape index (κ1) is 16.0. The summed E-state index contributed by atoms with van der Waals surface area (Å²) >= 11 is 3.49. The molecule has 0 N–H and O–H groups in total. The summed E-state index contributed by atoms with van der Waals surface area (Å²) in [4.78, 5) is 14.8. The van der Waals surface area contributed by atoms with E-state index in [1.54, 1.807) is 0 Å². The molecule has 0 saturated heterocycles. The minimum atomic E-state index is 0.298. The monoisotopic (exact) mass is 317 g/mol. The Bertz CT molecular complexity index is 233. The molecule has 18 heavy (non-hydrogen) atoms. The minimum absolute atomic E-state index is 0.298. The second kappa shape index (κ2) is 8.95. The van der Waals surface area contributed by atoms with E-state index in [1.807, 2.05) is 0 Å². The molecule has 0 aliphatic heterocycles. The highest BCUT2D eigenvalue weighted by Gasteiger charge is 2.28. The van der Waals surface area contributed by atoms with Crippen molar-refractivity contribution in [3.05, 3.63) is 0 Å². The van der Waals surface area contributed by atoms with E-state index in [-0.39, 0.29) is 0 Å². The van der Waals surface area contributed by atoms with Crippen LogP contribution < -0.4 is 0 Å². The minimum Gasteiger partial charge on any atom is -0.339 e. The van der Waals surface area contributed by atoms with Crippen LogP contribution >= 0.6 is 15.9 Å². The first-order chi connectivity index (χ1) is 8.74. The van der Waals surface area contributed by atoms with E-state index in [9.17, 15) is 4.79 Å². The number of halogens is 1. The highest BCUT2D eigenvalue weighted by atomic mass is 79.9. The van der Waals surface area contributed by atoms with Crippen molar-refractivity contribution >= 4 is 21.8 Å². The van der Waals surface area contributed by atoms with Crippen molar-refractivity contribution in [2.45, 2.75) is 71.3 Å². The van der Waals surface area contributed by atoms with Crippen LogP contribution in [0.1, 0.15) is 65.2 Å². The summed E-state index contributed by atoms with van der Waals surface area (Å²) in [6, 6.07) is 0.429. The van der Waals surface area contributed by atoms with Gasteiger partial charge in [-0.3, -0.25) is 4.79 Å². The highest BCUT2D eigenvalue weighted by Crippen LogP contribution is 2.26. The van der Waals surface area contributed by atoms with Crippen molar-refractivity contribution in [3.63, 3.8) is 0 Å². The van der Waals surface area contributed by atoms with Gasteiger partial charge in [-0.2, -0.15) is 0 Å². The van der Waals surface area contributed by atoms with Crippen LogP contribution in [-0.4, -0.2) is 28.7 Å². The van der Waals surface area contributed by atoms with Gasteiger partial charge in [0, 0.05) is 23.8 Å². The molecule has 106 valence electrons. The second-order valence-electron chi connectivity index (χ2n) is 5.38. The fraction of sp³-hybridized carbons (Fsp3) is 0.933. The van der Waals surface area contributed by atoms with Crippen LogP contribution in [-0.2, 0) is 4.79 Å². The van der Waals surface area contributed by atoms with E-state index in [1.165, 1.54) is 25.7 Å². The van der Waals surface area contributed by atoms with Crippen LogP contribution in [0.25, 0.3) is 0 Å². The van der Waals surface area contributed by atoms with Crippen molar-refractivity contribution in [3.8, 4) is 0 Å². The zero-order chi connectivity index (χ0) is 13.4. The molecule has 0 aromatic rings. The smallest absolute Gasteiger partial charge is 0.225 e. The lowest BCUT2D eigenvalue weighted by Crippen LogP contribution is -2.44. The van der Waals surface area contributed by atoms with Gasteiger partial charge in [-0.25, -0.2) is 0 Å². The molecule has 1 rings (SSSR count). The summed E-state index contributed by atoms with van der Waals surface area (Å²) in [6.07, 6.45) is 9.46. The van der Waals surface area contributed by atoms with Crippen molar-refractivity contribution in [1.29, 1.82) is 0 Å². The first-order valence-corrected chi connectivity index (χ1v) is 8.73. The molecule has 1 aliphatic rings. The lowest BCUT2D eigenvalue weighted by molar-refractivity contribution is -0.138. The maximum Gasteiger partial charge on any atom is 0.225 e. The van der Waals surface area contributed by atoms with E-state index in [0.29, 0.717) is 17.9 Å². The van der Waals surface area contributed by atoms with E-state index < -0.39 is 0 Å². The summed E-state index contributed by atoms with van der Waals surface area (Å²) < 4.78 is 0. The van der Waals surface area contributed by atoms with Crippen LogP contribution in [0, 0.1) is 5.92 Å². The Labute approximate surface area is 121 Å². The van der Waals surface area contributed by atoms with Crippen molar-refractivity contribution in [2.24, 2.45) is 5.92 Å². The summed E-state index contributed by atoms with van der Waals surface area (Å²) in [6.45, 7) is 5.24. The van der Waals surface area contributed by atoms with Gasteiger partial charge in [-0.1, -0.05) is 55.5 Å². The Hall–Kier alpha value is -0.0500. The van der Waals surface area contributed by atoms with E-state index in [2.05, 4.69) is 34.7 Å². The largest absolute Gasteiger partial charge is 0.339 e. The molecule has 0 radical (unpaired) electrons.